The van der Waals surface area contributed by atoms with Crippen molar-refractivity contribution in [3.63, 3.8) is 0 Å². The third kappa shape index (κ3) is 3.85. The summed E-state index contributed by atoms with van der Waals surface area (Å²) >= 11 is 3.53. The van der Waals surface area contributed by atoms with Crippen LogP contribution in [0.3, 0.4) is 0 Å². The van der Waals surface area contributed by atoms with Gasteiger partial charge in [0.1, 0.15) is 0 Å². The molecule has 3 nitrogen and oxygen atoms in total. The minimum atomic E-state index is -0.824. The van der Waals surface area contributed by atoms with Crippen LogP contribution in [0.2, 0.25) is 0 Å². The van der Waals surface area contributed by atoms with Crippen LogP contribution in [-0.4, -0.2) is 17.6 Å². The summed E-state index contributed by atoms with van der Waals surface area (Å²) in [6.07, 6.45) is 0. The average Bonchev–Trinajstić information content (AvgIpc) is 2.42. The van der Waals surface area contributed by atoms with Gasteiger partial charge in [-0.05, 0) is 52.5 Å². The smallest absolute Gasteiger partial charge is 0.312 e. The molecule has 110 valence electrons. The number of nitrogens with one attached hydrogen (secondary N) is 1. The predicted molar refractivity (Wildman–Crippen MR) is 88.9 cm³/mol. The van der Waals surface area contributed by atoms with E-state index in [9.17, 15) is 9.90 Å². The van der Waals surface area contributed by atoms with Crippen molar-refractivity contribution >= 4 is 27.6 Å². The van der Waals surface area contributed by atoms with Crippen molar-refractivity contribution in [1.82, 2.24) is 0 Å². The SMILES string of the molecule is Cc1cc(C)c(NCC(C(=O)O)c2ccccc2)c(Br)c1. The molecule has 2 aromatic carbocycles. The van der Waals surface area contributed by atoms with Crippen molar-refractivity contribution in [1.29, 1.82) is 0 Å². The van der Waals surface area contributed by atoms with Crippen molar-refractivity contribution in [2.75, 3.05) is 11.9 Å². The molecule has 2 aromatic rings. The number of benzene rings is 2. The number of hydrogen-bond donors (Lipinski definition) is 2. The van der Waals surface area contributed by atoms with Crippen molar-refractivity contribution in [3.05, 3.63) is 63.6 Å². The maximum atomic E-state index is 11.5. The van der Waals surface area contributed by atoms with Gasteiger partial charge in [0, 0.05) is 11.0 Å². The van der Waals surface area contributed by atoms with Crippen LogP contribution in [0.5, 0.6) is 0 Å². The van der Waals surface area contributed by atoms with Crippen LogP contribution in [-0.2, 0) is 4.79 Å². The van der Waals surface area contributed by atoms with E-state index in [1.807, 2.05) is 50.2 Å². The lowest BCUT2D eigenvalue weighted by molar-refractivity contribution is -0.138. The minimum Gasteiger partial charge on any atom is -0.481 e. The Morgan fingerprint density at radius 2 is 1.90 bits per heavy atom. The molecule has 0 amide bonds. The van der Waals surface area contributed by atoms with E-state index >= 15 is 0 Å². The molecule has 0 fully saturated rings. The first kappa shape index (κ1) is 15.6. The Morgan fingerprint density at radius 1 is 1.24 bits per heavy atom. The van der Waals surface area contributed by atoms with Crippen LogP contribution in [0.15, 0.2) is 46.9 Å². The van der Waals surface area contributed by atoms with Crippen molar-refractivity contribution in [3.8, 4) is 0 Å². The molecule has 0 aromatic heterocycles. The summed E-state index contributed by atoms with van der Waals surface area (Å²) in [5, 5.41) is 12.7. The Kier molecular flexibility index (Phi) is 5.02. The lowest BCUT2D eigenvalue weighted by Gasteiger charge is -2.17. The molecule has 0 radical (unpaired) electrons. The van der Waals surface area contributed by atoms with Gasteiger partial charge < -0.3 is 10.4 Å². The number of carboxylic acids is 1. The number of anilines is 1. The molecule has 4 heteroatoms. The highest BCUT2D eigenvalue weighted by atomic mass is 79.9. The van der Waals surface area contributed by atoms with Crippen LogP contribution < -0.4 is 5.32 Å². The Labute approximate surface area is 133 Å². The van der Waals surface area contributed by atoms with Gasteiger partial charge in [-0.2, -0.15) is 0 Å². The van der Waals surface area contributed by atoms with E-state index in [2.05, 4.69) is 27.3 Å². The number of hydrogen-bond acceptors (Lipinski definition) is 2. The number of carboxylic acid groups (broad SMARTS) is 1. The summed E-state index contributed by atoms with van der Waals surface area (Å²) in [5.41, 5.74) is 4.02. The van der Waals surface area contributed by atoms with Gasteiger partial charge in [-0.25, -0.2) is 0 Å². The molecule has 0 saturated carbocycles. The first-order chi connectivity index (χ1) is 9.99. The lowest BCUT2D eigenvalue weighted by atomic mass is 9.99. The van der Waals surface area contributed by atoms with Gasteiger partial charge in [0.25, 0.3) is 0 Å². The zero-order valence-electron chi connectivity index (χ0n) is 12.1. The van der Waals surface area contributed by atoms with Crippen molar-refractivity contribution in [2.24, 2.45) is 0 Å². The molecule has 0 spiro atoms. The quantitative estimate of drug-likeness (QED) is 0.845. The second-order valence-corrected chi connectivity index (χ2v) is 5.98. The number of aryl methyl sites for hydroxylation is 2. The second-order valence-electron chi connectivity index (χ2n) is 5.12. The fourth-order valence-corrected chi connectivity index (χ4v) is 3.19. The van der Waals surface area contributed by atoms with E-state index in [1.165, 1.54) is 5.56 Å². The van der Waals surface area contributed by atoms with E-state index in [0.717, 1.165) is 21.3 Å². The van der Waals surface area contributed by atoms with Gasteiger partial charge in [0.05, 0.1) is 11.6 Å². The zero-order valence-corrected chi connectivity index (χ0v) is 13.6. The molecule has 0 saturated heterocycles. The molecule has 0 aliphatic rings. The van der Waals surface area contributed by atoms with E-state index in [4.69, 9.17) is 0 Å². The largest absolute Gasteiger partial charge is 0.481 e. The van der Waals surface area contributed by atoms with Gasteiger partial charge in [0.15, 0.2) is 0 Å². The summed E-state index contributed by atoms with van der Waals surface area (Å²) in [4.78, 5) is 11.5. The summed E-state index contributed by atoms with van der Waals surface area (Å²) in [6, 6.07) is 13.4. The minimum absolute atomic E-state index is 0.349. The van der Waals surface area contributed by atoms with Crippen LogP contribution in [0.4, 0.5) is 5.69 Å². The van der Waals surface area contributed by atoms with Crippen LogP contribution in [0, 0.1) is 13.8 Å². The molecular weight excluding hydrogens is 330 g/mol. The Balaban J connectivity index is 2.19. The summed E-state index contributed by atoms with van der Waals surface area (Å²) < 4.78 is 0.956. The summed E-state index contributed by atoms with van der Waals surface area (Å²) in [7, 11) is 0. The Morgan fingerprint density at radius 3 is 2.48 bits per heavy atom. The first-order valence-corrected chi connectivity index (χ1v) is 7.56. The van der Waals surface area contributed by atoms with Crippen LogP contribution in [0.1, 0.15) is 22.6 Å². The maximum absolute atomic E-state index is 11.5. The van der Waals surface area contributed by atoms with E-state index in [0.29, 0.717) is 6.54 Å². The molecule has 2 rings (SSSR count). The zero-order chi connectivity index (χ0) is 15.4. The fraction of sp³-hybridized carbons (Fsp3) is 0.235. The predicted octanol–water partition coefficient (Wildman–Crippen LogP) is 4.35. The van der Waals surface area contributed by atoms with Crippen molar-refractivity contribution < 1.29 is 9.90 Å². The van der Waals surface area contributed by atoms with E-state index < -0.39 is 11.9 Å². The monoisotopic (exact) mass is 347 g/mol. The van der Waals surface area contributed by atoms with E-state index in [-0.39, 0.29) is 0 Å². The number of halogens is 1. The summed E-state index contributed by atoms with van der Waals surface area (Å²) in [5.74, 6) is -1.40. The molecule has 1 unspecified atom stereocenters. The van der Waals surface area contributed by atoms with E-state index in [1.54, 1.807) is 0 Å². The molecule has 2 N–H and O–H groups in total. The van der Waals surface area contributed by atoms with Gasteiger partial charge >= 0.3 is 5.97 Å². The van der Waals surface area contributed by atoms with Crippen LogP contribution in [0.25, 0.3) is 0 Å². The summed E-state index contributed by atoms with van der Waals surface area (Å²) in [6.45, 7) is 4.39. The van der Waals surface area contributed by atoms with Crippen LogP contribution >= 0.6 is 15.9 Å². The molecule has 21 heavy (non-hydrogen) atoms. The standard InChI is InChI=1S/C17H18BrNO2/c1-11-8-12(2)16(15(18)9-11)19-10-14(17(20)21)13-6-4-3-5-7-13/h3-9,14,19H,10H2,1-2H3,(H,20,21). The molecule has 0 aliphatic carbocycles. The Hall–Kier alpha value is -1.81. The topological polar surface area (TPSA) is 49.3 Å². The normalized spacial score (nSPS) is 12.0. The van der Waals surface area contributed by atoms with Gasteiger partial charge in [-0.15, -0.1) is 0 Å². The highest BCUT2D eigenvalue weighted by Crippen LogP contribution is 2.28. The lowest BCUT2D eigenvalue weighted by Crippen LogP contribution is -2.21. The molecule has 0 heterocycles. The maximum Gasteiger partial charge on any atom is 0.312 e. The molecule has 1 atom stereocenters. The highest BCUT2D eigenvalue weighted by molar-refractivity contribution is 9.10. The Bertz CT molecular complexity index is 617. The number of aliphatic carboxylic acids is 1. The third-order valence-electron chi connectivity index (χ3n) is 3.41. The highest BCUT2D eigenvalue weighted by Gasteiger charge is 2.20. The first-order valence-electron chi connectivity index (χ1n) is 6.77. The molecule has 0 aliphatic heterocycles. The van der Waals surface area contributed by atoms with Gasteiger partial charge in [0.2, 0.25) is 0 Å². The second kappa shape index (κ2) is 6.76. The molecule has 0 bridgehead atoms. The number of rotatable bonds is 5. The van der Waals surface area contributed by atoms with Gasteiger partial charge in [-0.3, -0.25) is 4.79 Å². The number of carbonyl (C=O) groups is 1. The van der Waals surface area contributed by atoms with Crippen molar-refractivity contribution in [2.45, 2.75) is 19.8 Å². The third-order valence-corrected chi connectivity index (χ3v) is 4.04. The van der Waals surface area contributed by atoms with Gasteiger partial charge in [-0.1, -0.05) is 36.4 Å². The molecular formula is C17H18BrNO2. The fourth-order valence-electron chi connectivity index (χ4n) is 2.38. The average molecular weight is 348 g/mol.